The van der Waals surface area contributed by atoms with Gasteiger partial charge in [-0.25, -0.2) is 8.42 Å². The van der Waals surface area contributed by atoms with E-state index in [0.717, 1.165) is 35.0 Å². The second-order valence-corrected chi connectivity index (χ2v) is 11.1. The number of amides is 1. The molecule has 0 N–H and O–H groups in total. The molecular weight excluding hydrogens is 474 g/mol. The van der Waals surface area contributed by atoms with Crippen LogP contribution in [0.25, 0.3) is 10.2 Å². The van der Waals surface area contributed by atoms with Crippen LogP contribution in [0.3, 0.4) is 0 Å². The number of piperidine rings is 1. The van der Waals surface area contributed by atoms with E-state index in [1.165, 1.54) is 39.9 Å². The number of esters is 1. The molecule has 0 aliphatic carbocycles. The fraction of sp³-hybridized carbons (Fsp3) is 0.375. The number of carbonyl (C=O) groups excluding carboxylic acids is 2. The maximum Gasteiger partial charge on any atom is 0.326 e. The van der Waals surface area contributed by atoms with Gasteiger partial charge in [0.05, 0.1) is 21.7 Å². The monoisotopic (exact) mass is 501 g/mol. The highest BCUT2D eigenvalue weighted by Crippen LogP contribution is 2.22. The molecule has 34 heavy (non-hydrogen) atoms. The van der Waals surface area contributed by atoms with Gasteiger partial charge in [0.25, 0.3) is 5.91 Å². The highest BCUT2D eigenvalue weighted by molar-refractivity contribution is 7.89. The van der Waals surface area contributed by atoms with Crippen LogP contribution in [0.4, 0.5) is 0 Å². The van der Waals surface area contributed by atoms with Crippen molar-refractivity contribution in [2.45, 2.75) is 44.6 Å². The molecule has 3 aromatic rings. The van der Waals surface area contributed by atoms with Gasteiger partial charge >= 0.3 is 5.97 Å². The van der Waals surface area contributed by atoms with E-state index in [0.29, 0.717) is 17.9 Å². The first-order chi connectivity index (χ1) is 16.3. The molecule has 180 valence electrons. The van der Waals surface area contributed by atoms with Crippen molar-refractivity contribution in [2.75, 3.05) is 19.7 Å². The predicted molar refractivity (Wildman–Crippen MR) is 130 cm³/mol. The SMILES string of the molecule is CCOC(=O)Cn1c(=NC(=O)c2ccc(S(=O)(=O)N3CCCCC3)cc2)sc2cccc(C)c21. The Hall–Kier alpha value is -2.82. The molecule has 1 amide bonds. The van der Waals surface area contributed by atoms with E-state index in [1.807, 2.05) is 25.1 Å². The van der Waals surface area contributed by atoms with E-state index in [-0.39, 0.29) is 23.6 Å². The smallest absolute Gasteiger partial charge is 0.326 e. The molecule has 4 rings (SSSR count). The summed E-state index contributed by atoms with van der Waals surface area (Å²) >= 11 is 1.31. The van der Waals surface area contributed by atoms with Gasteiger partial charge in [0.2, 0.25) is 10.0 Å². The van der Waals surface area contributed by atoms with Crippen LogP contribution < -0.4 is 4.80 Å². The van der Waals surface area contributed by atoms with Crippen molar-refractivity contribution in [3.8, 4) is 0 Å². The van der Waals surface area contributed by atoms with Crippen molar-refractivity contribution in [1.29, 1.82) is 0 Å². The minimum Gasteiger partial charge on any atom is -0.465 e. The molecule has 0 bridgehead atoms. The van der Waals surface area contributed by atoms with Crippen LogP contribution in [0.15, 0.2) is 52.4 Å². The third-order valence-electron chi connectivity index (χ3n) is 5.75. The molecule has 2 heterocycles. The molecule has 2 aromatic carbocycles. The highest BCUT2D eigenvalue weighted by Gasteiger charge is 2.26. The number of nitrogens with zero attached hydrogens (tertiary/aromatic N) is 3. The standard InChI is InChI=1S/C24H27N3O5S2/c1-3-32-21(28)16-27-22-17(2)8-7-9-20(22)33-24(27)25-23(29)18-10-12-19(13-11-18)34(30,31)26-14-5-4-6-15-26/h7-13H,3-6,14-16H2,1-2H3. The lowest BCUT2D eigenvalue weighted by Crippen LogP contribution is -2.35. The summed E-state index contributed by atoms with van der Waals surface area (Å²) in [5.74, 6) is -0.921. The lowest BCUT2D eigenvalue weighted by atomic mass is 10.2. The summed E-state index contributed by atoms with van der Waals surface area (Å²) in [5, 5.41) is 0. The van der Waals surface area contributed by atoms with Crippen LogP contribution in [0.1, 0.15) is 42.1 Å². The summed E-state index contributed by atoms with van der Waals surface area (Å²) in [4.78, 5) is 30.0. The molecule has 0 spiro atoms. The lowest BCUT2D eigenvalue weighted by molar-refractivity contribution is -0.143. The molecule has 1 aliphatic rings. The number of thiazole rings is 1. The first-order valence-electron chi connectivity index (χ1n) is 11.2. The van der Waals surface area contributed by atoms with Gasteiger partial charge in [0.15, 0.2) is 4.80 Å². The summed E-state index contributed by atoms with van der Waals surface area (Å²) in [6.45, 7) is 4.91. The number of ether oxygens (including phenoxy) is 1. The summed E-state index contributed by atoms with van der Waals surface area (Å²) in [7, 11) is -3.57. The van der Waals surface area contributed by atoms with Gasteiger partial charge in [-0.15, -0.1) is 0 Å². The molecule has 1 aliphatic heterocycles. The Kier molecular flexibility index (Phi) is 7.30. The number of rotatable bonds is 6. The topological polar surface area (TPSA) is 98.0 Å². The maximum absolute atomic E-state index is 13.0. The van der Waals surface area contributed by atoms with Crippen LogP contribution in [0.5, 0.6) is 0 Å². The normalized spacial score (nSPS) is 15.5. The number of hydrogen-bond donors (Lipinski definition) is 0. The van der Waals surface area contributed by atoms with Crippen molar-refractivity contribution in [1.82, 2.24) is 8.87 Å². The zero-order valence-corrected chi connectivity index (χ0v) is 20.8. The number of sulfonamides is 1. The van der Waals surface area contributed by atoms with Crippen molar-refractivity contribution in [3.63, 3.8) is 0 Å². The Balaban J connectivity index is 1.67. The van der Waals surface area contributed by atoms with Crippen molar-refractivity contribution in [2.24, 2.45) is 4.99 Å². The van der Waals surface area contributed by atoms with Crippen molar-refractivity contribution in [3.05, 3.63) is 58.4 Å². The van der Waals surface area contributed by atoms with Crippen LogP contribution in [-0.2, 0) is 26.1 Å². The summed E-state index contributed by atoms with van der Waals surface area (Å²) in [5.41, 5.74) is 2.06. The zero-order chi connectivity index (χ0) is 24.3. The summed E-state index contributed by atoms with van der Waals surface area (Å²) in [6.07, 6.45) is 2.75. The Morgan fingerprint density at radius 1 is 1.06 bits per heavy atom. The number of benzene rings is 2. The van der Waals surface area contributed by atoms with E-state index in [1.54, 1.807) is 11.5 Å². The number of aryl methyl sites for hydroxylation is 1. The Morgan fingerprint density at radius 3 is 2.44 bits per heavy atom. The van der Waals surface area contributed by atoms with Crippen LogP contribution in [0, 0.1) is 6.92 Å². The molecule has 10 heteroatoms. The first kappa shape index (κ1) is 24.3. The largest absolute Gasteiger partial charge is 0.465 e. The second kappa shape index (κ2) is 10.2. The van der Waals surface area contributed by atoms with Gasteiger partial charge < -0.3 is 9.30 Å². The second-order valence-electron chi connectivity index (χ2n) is 8.10. The fourth-order valence-electron chi connectivity index (χ4n) is 4.05. The maximum atomic E-state index is 13.0. The van der Waals surface area contributed by atoms with E-state index in [2.05, 4.69) is 4.99 Å². The Bertz CT molecular complexity index is 1380. The van der Waals surface area contributed by atoms with E-state index in [9.17, 15) is 18.0 Å². The lowest BCUT2D eigenvalue weighted by Gasteiger charge is -2.25. The van der Waals surface area contributed by atoms with Gasteiger partial charge in [0.1, 0.15) is 6.54 Å². The number of fused-ring (bicyclic) bond motifs is 1. The predicted octanol–water partition coefficient (Wildman–Crippen LogP) is 3.49. The highest BCUT2D eigenvalue weighted by atomic mass is 32.2. The molecule has 0 radical (unpaired) electrons. The average Bonchev–Trinajstić information content (AvgIpc) is 3.17. The van der Waals surface area contributed by atoms with Gasteiger partial charge in [0, 0.05) is 18.7 Å². The van der Waals surface area contributed by atoms with Gasteiger partial charge in [-0.1, -0.05) is 29.9 Å². The minimum absolute atomic E-state index is 0.0577. The van der Waals surface area contributed by atoms with Crippen LogP contribution >= 0.6 is 11.3 Å². The molecule has 0 atom stereocenters. The van der Waals surface area contributed by atoms with E-state index >= 15 is 0 Å². The Morgan fingerprint density at radius 2 is 1.76 bits per heavy atom. The average molecular weight is 502 g/mol. The van der Waals surface area contributed by atoms with Gasteiger partial charge in [-0.3, -0.25) is 9.59 Å². The Labute approximate surface area is 202 Å². The van der Waals surface area contributed by atoms with Gasteiger partial charge in [-0.05, 0) is 62.6 Å². The molecule has 0 unspecified atom stereocenters. The molecule has 8 nitrogen and oxygen atoms in total. The third-order valence-corrected chi connectivity index (χ3v) is 8.70. The van der Waals surface area contributed by atoms with Crippen LogP contribution in [-0.4, -0.2) is 48.9 Å². The number of carbonyl (C=O) groups is 2. The molecular formula is C24H27N3O5S2. The van der Waals surface area contributed by atoms with E-state index in [4.69, 9.17) is 4.74 Å². The first-order valence-corrected chi connectivity index (χ1v) is 13.5. The minimum atomic E-state index is -3.57. The zero-order valence-electron chi connectivity index (χ0n) is 19.2. The van der Waals surface area contributed by atoms with Gasteiger partial charge in [-0.2, -0.15) is 9.30 Å². The number of hydrogen-bond acceptors (Lipinski definition) is 6. The molecule has 1 fully saturated rings. The summed E-state index contributed by atoms with van der Waals surface area (Å²) < 4.78 is 34.9. The van der Waals surface area contributed by atoms with Crippen molar-refractivity contribution < 1.29 is 22.7 Å². The fourth-order valence-corrected chi connectivity index (χ4v) is 6.67. The molecule has 1 aromatic heterocycles. The van der Waals surface area contributed by atoms with E-state index < -0.39 is 21.9 Å². The molecule has 1 saturated heterocycles. The summed E-state index contributed by atoms with van der Waals surface area (Å²) in [6, 6.07) is 11.6. The number of aromatic nitrogens is 1. The van der Waals surface area contributed by atoms with Crippen LogP contribution in [0.2, 0.25) is 0 Å². The number of para-hydroxylation sites is 1. The quantitative estimate of drug-likeness (QED) is 0.482. The third kappa shape index (κ3) is 4.98. The molecule has 0 saturated carbocycles. The van der Waals surface area contributed by atoms with Crippen molar-refractivity contribution >= 4 is 43.5 Å².